The summed E-state index contributed by atoms with van der Waals surface area (Å²) < 4.78 is 39.1. The summed E-state index contributed by atoms with van der Waals surface area (Å²) in [6, 6.07) is 1.68. The molecule has 0 spiro atoms. The highest BCUT2D eigenvalue weighted by molar-refractivity contribution is 9.10. The van der Waals surface area contributed by atoms with Crippen LogP contribution in [0.5, 0.6) is 0 Å². The van der Waals surface area contributed by atoms with Crippen molar-refractivity contribution >= 4 is 27.5 Å². The monoisotopic (exact) mass is 339 g/mol. The molecule has 0 saturated heterocycles. The van der Waals surface area contributed by atoms with E-state index in [2.05, 4.69) is 26.0 Å². The predicted octanol–water partition coefficient (Wildman–Crippen LogP) is 3.79. The van der Waals surface area contributed by atoms with Crippen molar-refractivity contribution in [3.8, 4) is 5.82 Å². The highest BCUT2D eigenvalue weighted by Gasteiger charge is 2.32. The summed E-state index contributed by atoms with van der Waals surface area (Å²) in [6.07, 6.45) is -1.32. The third-order valence-electron chi connectivity index (χ3n) is 2.18. The zero-order valence-electron chi connectivity index (χ0n) is 8.75. The van der Waals surface area contributed by atoms with Crippen molar-refractivity contribution in [2.45, 2.75) is 12.1 Å². The van der Waals surface area contributed by atoms with Crippen LogP contribution >= 0.6 is 27.5 Å². The maximum atomic E-state index is 12.5. The van der Waals surface area contributed by atoms with E-state index < -0.39 is 11.7 Å². The highest BCUT2D eigenvalue weighted by atomic mass is 79.9. The van der Waals surface area contributed by atoms with Crippen molar-refractivity contribution in [3.63, 3.8) is 0 Å². The normalized spacial score (nSPS) is 11.8. The van der Waals surface area contributed by atoms with Gasteiger partial charge < -0.3 is 0 Å². The topological polar surface area (TPSA) is 30.7 Å². The first-order valence-electron chi connectivity index (χ1n) is 4.74. The molecule has 0 saturated carbocycles. The third kappa shape index (κ3) is 2.67. The molecule has 0 fully saturated rings. The Morgan fingerprint density at radius 2 is 2.06 bits per heavy atom. The first-order valence-corrected chi connectivity index (χ1v) is 6.07. The SMILES string of the molecule is FC(F)(F)c1cnn(-c2ncc(Br)cc2CCl)c1. The van der Waals surface area contributed by atoms with Gasteiger partial charge >= 0.3 is 6.18 Å². The van der Waals surface area contributed by atoms with Crippen LogP contribution in [0, 0.1) is 0 Å². The maximum Gasteiger partial charge on any atom is 0.419 e. The van der Waals surface area contributed by atoms with E-state index in [9.17, 15) is 13.2 Å². The average Bonchev–Trinajstić information content (AvgIpc) is 2.77. The molecule has 0 atom stereocenters. The molecule has 3 nitrogen and oxygen atoms in total. The fourth-order valence-electron chi connectivity index (χ4n) is 1.36. The molecule has 0 aliphatic heterocycles. The lowest BCUT2D eigenvalue weighted by atomic mass is 10.3. The molecule has 0 bridgehead atoms. The van der Waals surface area contributed by atoms with E-state index in [1.165, 1.54) is 6.20 Å². The van der Waals surface area contributed by atoms with Crippen molar-refractivity contribution in [1.29, 1.82) is 0 Å². The molecule has 8 heteroatoms. The van der Waals surface area contributed by atoms with Crippen LogP contribution in [0.4, 0.5) is 13.2 Å². The van der Waals surface area contributed by atoms with Crippen molar-refractivity contribution in [3.05, 3.63) is 40.3 Å². The van der Waals surface area contributed by atoms with Crippen molar-refractivity contribution < 1.29 is 13.2 Å². The minimum Gasteiger partial charge on any atom is -0.236 e. The van der Waals surface area contributed by atoms with Crippen molar-refractivity contribution in [2.75, 3.05) is 0 Å². The largest absolute Gasteiger partial charge is 0.419 e. The number of halogens is 5. The second-order valence-electron chi connectivity index (χ2n) is 3.44. The summed E-state index contributed by atoms with van der Waals surface area (Å²) in [5, 5.41) is 3.65. The average molecular weight is 341 g/mol. The number of pyridine rings is 1. The predicted molar refractivity (Wildman–Crippen MR) is 63.6 cm³/mol. The van der Waals surface area contributed by atoms with E-state index >= 15 is 0 Å². The number of hydrogen-bond donors (Lipinski definition) is 0. The molecule has 18 heavy (non-hydrogen) atoms. The molecule has 0 aliphatic rings. The highest BCUT2D eigenvalue weighted by Crippen LogP contribution is 2.29. The summed E-state index contributed by atoms with van der Waals surface area (Å²) in [5.74, 6) is 0.409. The fourth-order valence-corrected chi connectivity index (χ4v) is 1.94. The van der Waals surface area contributed by atoms with Crippen LogP contribution in [0.15, 0.2) is 29.1 Å². The molecular formula is C10H6BrClF3N3. The van der Waals surface area contributed by atoms with Crippen LogP contribution in [0.25, 0.3) is 5.82 Å². The van der Waals surface area contributed by atoms with Crippen LogP contribution in [0.2, 0.25) is 0 Å². The lowest BCUT2D eigenvalue weighted by Gasteiger charge is -2.06. The molecule has 0 unspecified atom stereocenters. The Morgan fingerprint density at radius 3 is 2.61 bits per heavy atom. The van der Waals surface area contributed by atoms with E-state index in [1.807, 2.05) is 0 Å². The molecule has 0 aliphatic carbocycles. The van der Waals surface area contributed by atoms with E-state index in [0.29, 0.717) is 10.0 Å². The van der Waals surface area contributed by atoms with Gasteiger partial charge in [-0.25, -0.2) is 9.67 Å². The second-order valence-corrected chi connectivity index (χ2v) is 4.62. The molecule has 2 aromatic rings. The molecule has 2 rings (SSSR count). The summed E-state index contributed by atoms with van der Waals surface area (Å²) in [7, 11) is 0. The number of aromatic nitrogens is 3. The summed E-state index contributed by atoms with van der Waals surface area (Å²) in [4.78, 5) is 4.02. The number of alkyl halides is 4. The number of hydrogen-bond acceptors (Lipinski definition) is 2. The Balaban J connectivity index is 2.46. The Hall–Kier alpha value is -1.08. The molecule has 96 valence electrons. The zero-order chi connectivity index (χ0) is 13.3. The van der Waals surface area contributed by atoms with Crippen LogP contribution in [-0.4, -0.2) is 14.8 Å². The Bertz CT molecular complexity index is 568. The minimum atomic E-state index is -4.42. The quantitative estimate of drug-likeness (QED) is 0.779. The summed E-state index contributed by atoms with van der Waals surface area (Å²) >= 11 is 8.94. The Kier molecular flexibility index (Phi) is 3.63. The van der Waals surface area contributed by atoms with Gasteiger partial charge in [0.2, 0.25) is 0 Å². The van der Waals surface area contributed by atoms with E-state index in [0.717, 1.165) is 17.1 Å². The lowest BCUT2D eigenvalue weighted by Crippen LogP contribution is -2.04. The van der Waals surface area contributed by atoms with Gasteiger partial charge in [0, 0.05) is 22.4 Å². The number of nitrogens with zero attached hydrogens (tertiary/aromatic N) is 3. The number of rotatable bonds is 2. The fraction of sp³-hybridized carbons (Fsp3) is 0.200. The Labute approximate surface area is 114 Å². The smallest absolute Gasteiger partial charge is 0.236 e. The molecular weight excluding hydrogens is 334 g/mol. The van der Waals surface area contributed by atoms with Crippen LogP contribution in [-0.2, 0) is 12.1 Å². The Morgan fingerprint density at radius 1 is 1.33 bits per heavy atom. The van der Waals surface area contributed by atoms with E-state index in [4.69, 9.17) is 11.6 Å². The first-order chi connectivity index (χ1) is 8.41. The van der Waals surface area contributed by atoms with E-state index in [-0.39, 0.29) is 11.7 Å². The molecule has 2 aromatic heterocycles. The van der Waals surface area contributed by atoms with Crippen LogP contribution in [0.3, 0.4) is 0 Å². The minimum absolute atomic E-state index is 0.128. The molecule has 2 heterocycles. The zero-order valence-corrected chi connectivity index (χ0v) is 11.1. The molecule has 0 N–H and O–H groups in total. The van der Waals surface area contributed by atoms with E-state index in [1.54, 1.807) is 6.07 Å². The van der Waals surface area contributed by atoms with Gasteiger partial charge in [0.25, 0.3) is 0 Å². The van der Waals surface area contributed by atoms with Gasteiger partial charge in [0.1, 0.15) is 0 Å². The van der Waals surface area contributed by atoms with Gasteiger partial charge in [-0.2, -0.15) is 18.3 Å². The standard InChI is InChI=1S/C10H6BrClF3N3/c11-8-1-6(2-12)9(16-4-8)18-5-7(3-17-18)10(13,14)15/h1,3-5H,2H2. The van der Waals surface area contributed by atoms with Gasteiger partial charge in [-0.05, 0) is 22.0 Å². The lowest BCUT2D eigenvalue weighted by molar-refractivity contribution is -0.137. The van der Waals surface area contributed by atoms with Crippen LogP contribution < -0.4 is 0 Å². The van der Waals surface area contributed by atoms with Gasteiger partial charge in [-0.15, -0.1) is 11.6 Å². The maximum absolute atomic E-state index is 12.5. The van der Waals surface area contributed by atoms with Gasteiger partial charge in [0.15, 0.2) is 5.82 Å². The van der Waals surface area contributed by atoms with Gasteiger partial charge in [-0.1, -0.05) is 0 Å². The molecule has 0 radical (unpaired) electrons. The van der Waals surface area contributed by atoms with Crippen molar-refractivity contribution in [1.82, 2.24) is 14.8 Å². The van der Waals surface area contributed by atoms with Gasteiger partial charge in [0.05, 0.1) is 17.6 Å². The second kappa shape index (κ2) is 4.89. The molecule has 0 aromatic carbocycles. The third-order valence-corrected chi connectivity index (χ3v) is 2.90. The van der Waals surface area contributed by atoms with Crippen molar-refractivity contribution in [2.24, 2.45) is 0 Å². The van der Waals surface area contributed by atoms with Crippen LogP contribution in [0.1, 0.15) is 11.1 Å². The summed E-state index contributed by atoms with van der Waals surface area (Å²) in [6.45, 7) is 0. The summed E-state index contributed by atoms with van der Waals surface area (Å²) in [5.41, 5.74) is -0.240. The first kappa shape index (κ1) is 13.4. The van der Waals surface area contributed by atoms with Gasteiger partial charge in [-0.3, -0.25) is 0 Å². The molecule has 0 amide bonds.